The predicted octanol–water partition coefficient (Wildman–Crippen LogP) is 4.54. The fourth-order valence-corrected chi connectivity index (χ4v) is 3.12. The summed E-state index contributed by atoms with van der Waals surface area (Å²) in [6.07, 6.45) is 3.78. The molecule has 0 radical (unpaired) electrons. The molecule has 120 valence electrons. The van der Waals surface area contributed by atoms with Crippen molar-refractivity contribution in [3.8, 4) is 5.69 Å². The van der Waals surface area contributed by atoms with Crippen molar-refractivity contribution < 1.29 is 4.52 Å². The van der Waals surface area contributed by atoms with Crippen LogP contribution in [-0.4, -0.2) is 19.7 Å². The molecule has 0 saturated heterocycles. The Hall–Kier alpha value is -2.08. The Labute approximate surface area is 140 Å². The lowest BCUT2D eigenvalue weighted by Crippen LogP contribution is -1.98. The monoisotopic (exact) mass is 328 g/mol. The fourth-order valence-electron chi connectivity index (χ4n) is 2.21. The van der Waals surface area contributed by atoms with Crippen molar-refractivity contribution in [1.29, 1.82) is 0 Å². The van der Waals surface area contributed by atoms with Crippen LogP contribution in [0.5, 0.6) is 0 Å². The molecule has 0 N–H and O–H groups in total. The molecule has 0 aliphatic heterocycles. The fraction of sp³-hybridized carbons (Fsp3) is 0.353. The molecule has 2 heterocycles. The van der Waals surface area contributed by atoms with E-state index >= 15 is 0 Å². The summed E-state index contributed by atoms with van der Waals surface area (Å²) in [6, 6.07) is 8.35. The van der Waals surface area contributed by atoms with Crippen LogP contribution in [0, 0.1) is 6.92 Å². The van der Waals surface area contributed by atoms with E-state index in [4.69, 9.17) is 4.52 Å². The normalized spacial score (nSPS) is 12.7. The Balaban J connectivity index is 1.82. The van der Waals surface area contributed by atoms with Gasteiger partial charge in [-0.05, 0) is 31.5 Å². The van der Waals surface area contributed by atoms with Gasteiger partial charge in [0.1, 0.15) is 0 Å². The van der Waals surface area contributed by atoms with Crippen molar-refractivity contribution in [2.75, 3.05) is 0 Å². The van der Waals surface area contributed by atoms with Gasteiger partial charge in [-0.1, -0.05) is 42.9 Å². The van der Waals surface area contributed by atoms with Crippen LogP contribution in [0.4, 0.5) is 0 Å². The van der Waals surface area contributed by atoms with E-state index in [1.807, 2.05) is 12.4 Å². The van der Waals surface area contributed by atoms with Crippen molar-refractivity contribution >= 4 is 11.8 Å². The van der Waals surface area contributed by atoms with Crippen molar-refractivity contribution in [1.82, 2.24) is 19.7 Å². The maximum absolute atomic E-state index is 5.38. The van der Waals surface area contributed by atoms with Crippen LogP contribution >= 0.6 is 11.8 Å². The Morgan fingerprint density at radius 2 is 2.04 bits per heavy atom. The summed E-state index contributed by atoms with van der Waals surface area (Å²) in [7, 11) is 0. The van der Waals surface area contributed by atoms with Crippen LogP contribution in [0.1, 0.15) is 49.2 Å². The first-order valence-corrected chi connectivity index (χ1v) is 8.53. The second-order valence-electron chi connectivity index (χ2n) is 5.82. The van der Waals surface area contributed by atoms with Crippen molar-refractivity contribution in [2.24, 2.45) is 0 Å². The van der Waals surface area contributed by atoms with Gasteiger partial charge in [-0.3, -0.25) is 4.57 Å². The molecule has 0 bridgehead atoms. The van der Waals surface area contributed by atoms with Gasteiger partial charge >= 0.3 is 0 Å². The average Bonchev–Trinajstić information content (AvgIpc) is 3.16. The minimum absolute atomic E-state index is 0.0426. The van der Waals surface area contributed by atoms with E-state index < -0.39 is 0 Å². The Morgan fingerprint density at radius 1 is 1.22 bits per heavy atom. The number of hydrogen-bond acceptors (Lipinski definition) is 5. The molecule has 0 aliphatic carbocycles. The van der Waals surface area contributed by atoms with Gasteiger partial charge in [-0.25, -0.2) is 4.98 Å². The maximum atomic E-state index is 5.38. The molecule has 23 heavy (non-hydrogen) atoms. The number of aromatic nitrogens is 4. The van der Waals surface area contributed by atoms with Gasteiger partial charge in [-0.2, -0.15) is 4.98 Å². The van der Waals surface area contributed by atoms with E-state index in [-0.39, 0.29) is 11.2 Å². The van der Waals surface area contributed by atoms with Gasteiger partial charge in [0.15, 0.2) is 11.0 Å². The molecule has 3 rings (SSSR count). The molecular formula is C17H20N4OS. The second kappa shape index (κ2) is 6.58. The van der Waals surface area contributed by atoms with Gasteiger partial charge in [0.25, 0.3) is 0 Å². The summed E-state index contributed by atoms with van der Waals surface area (Å²) in [6.45, 7) is 8.24. The molecule has 1 unspecified atom stereocenters. The van der Waals surface area contributed by atoms with Crippen LogP contribution in [-0.2, 0) is 0 Å². The highest BCUT2D eigenvalue weighted by Crippen LogP contribution is 2.34. The Kier molecular flexibility index (Phi) is 4.52. The topological polar surface area (TPSA) is 56.7 Å². The predicted molar refractivity (Wildman–Crippen MR) is 91.0 cm³/mol. The summed E-state index contributed by atoms with van der Waals surface area (Å²) >= 11 is 1.61. The van der Waals surface area contributed by atoms with Crippen molar-refractivity contribution in [3.63, 3.8) is 0 Å². The molecule has 0 saturated carbocycles. The highest BCUT2D eigenvalue weighted by molar-refractivity contribution is 7.99. The van der Waals surface area contributed by atoms with Crippen LogP contribution in [0.2, 0.25) is 0 Å². The van der Waals surface area contributed by atoms with Crippen molar-refractivity contribution in [3.05, 3.63) is 53.9 Å². The highest BCUT2D eigenvalue weighted by Gasteiger charge is 2.19. The van der Waals surface area contributed by atoms with Crippen LogP contribution in [0.15, 0.2) is 46.3 Å². The number of imidazole rings is 1. The van der Waals surface area contributed by atoms with Gasteiger partial charge in [0.05, 0.1) is 5.25 Å². The molecule has 0 fully saturated rings. The number of thioether (sulfide) groups is 1. The Morgan fingerprint density at radius 3 is 2.74 bits per heavy atom. The van der Waals surface area contributed by atoms with E-state index in [9.17, 15) is 0 Å². The first kappa shape index (κ1) is 15.8. The van der Waals surface area contributed by atoms with E-state index in [2.05, 4.69) is 71.7 Å². The zero-order valence-corrected chi connectivity index (χ0v) is 14.5. The molecule has 0 amide bonds. The lowest BCUT2D eigenvalue weighted by molar-refractivity contribution is 0.373. The smallest absolute Gasteiger partial charge is 0.239 e. The Bertz CT molecular complexity index is 793. The third kappa shape index (κ3) is 3.47. The van der Waals surface area contributed by atoms with E-state index in [1.165, 1.54) is 5.56 Å². The van der Waals surface area contributed by atoms with Gasteiger partial charge in [0, 0.05) is 24.0 Å². The quantitative estimate of drug-likeness (QED) is 0.644. The SMILES string of the molecule is Cc1cccc(-n2ccnc2SC(C)c2nc(C(C)C)no2)c1. The summed E-state index contributed by atoms with van der Waals surface area (Å²) in [5.41, 5.74) is 2.32. The second-order valence-corrected chi connectivity index (χ2v) is 7.13. The average molecular weight is 328 g/mol. The highest BCUT2D eigenvalue weighted by atomic mass is 32.2. The number of rotatable bonds is 5. The largest absolute Gasteiger partial charge is 0.338 e. The number of nitrogens with zero attached hydrogens (tertiary/aromatic N) is 4. The third-order valence-corrected chi connectivity index (χ3v) is 4.56. The van der Waals surface area contributed by atoms with Crippen LogP contribution in [0.3, 0.4) is 0 Å². The van der Waals surface area contributed by atoms with Gasteiger partial charge in [0.2, 0.25) is 5.89 Å². The van der Waals surface area contributed by atoms with E-state index in [0.29, 0.717) is 5.89 Å². The molecule has 3 aromatic rings. The summed E-state index contributed by atoms with van der Waals surface area (Å²) in [5.74, 6) is 1.64. The number of hydrogen-bond donors (Lipinski definition) is 0. The minimum atomic E-state index is 0.0426. The maximum Gasteiger partial charge on any atom is 0.239 e. The molecule has 0 aliphatic rings. The van der Waals surface area contributed by atoms with E-state index in [0.717, 1.165) is 16.7 Å². The minimum Gasteiger partial charge on any atom is -0.338 e. The molecule has 1 aromatic carbocycles. The zero-order chi connectivity index (χ0) is 16.4. The molecule has 2 aromatic heterocycles. The van der Waals surface area contributed by atoms with Gasteiger partial charge < -0.3 is 4.52 Å². The van der Waals surface area contributed by atoms with Gasteiger partial charge in [-0.15, -0.1) is 0 Å². The van der Waals surface area contributed by atoms with Crippen LogP contribution < -0.4 is 0 Å². The lowest BCUT2D eigenvalue weighted by Gasteiger charge is -2.10. The third-order valence-electron chi connectivity index (χ3n) is 3.49. The molecule has 5 nitrogen and oxygen atoms in total. The van der Waals surface area contributed by atoms with Crippen molar-refractivity contribution in [2.45, 2.75) is 44.0 Å². The molecule has 1 atom stereocenters. The van der Waals surface area contributed by atoms with E-state index in [1.54, 1.807) is 11.8 Å². The molecule has 0 spiro atoms. The summed E-state index contributed by atoms with van der Waals surface area (Å²) in [5, 5.41) is 4.98. The first-order valence-electron chi connectivity index (χ1n) is 7.65. The lowest BCUT2D eigenvalue weighted by atomic mass is 10.2. The summed E-state index contributed by atoms with van der Waals surface area (Å²) in [4.78, 5) is 8.94. The molecular weight excluding hydrogens is 308 g/mol. The summed E-state index contributed by atoms with van der Waals surface area (Å²) < 4.78 is 7.46. The molecule has 6 heteroatoms. The zero-order valence-electron chi connectivity index (χ0n) is 13.7. The first-order chi connectivity index (χ1) is 11.0. The number of aryl methyl sites for hydroxylation is 1. The standard InChI is InChI=1S/C17H20N4OS/c1-11(2)15-19-16(22-20-15)13(4)23-17-18-8-9-21(17)14-7-5-6-12(3)10-14/h5-11,13H,1-4H3. The van der Waals surface area contributed by atoms with Crippen LogP contribution in [0.25, 0.3) is 5.69 Å². The number of benzene rings is 1.